The van der Waals surface area contributed by atoms with Gasteiger partial charge >= 0.3 is 5.97 Å². The zero-order valence-electron chi connectivity index (χ0n) is 7.26. The lowest BCUT2D eigenvalue weighted by atomic mass is 9.83. The second-order valence-electron chi connectivity index (χ2n) is 3.14. The maximum absolute atomic E-state index is 10.8. The van der Waals surface area contributed by atoms with Gasteiger partial charge in [0.25, 0.3) is 0 Å². The third kappa shape index (κ3) is 2.08. The van der Waals surface area contributed by atoms with E-state index in [1.807, 2.05) is 0 Å². The third-order valence-electron chi connectivity index (χ3n) is 1.67. The predicted octanol–water partition coefficient (Wildman–Crippen LogP) is 0.529. The van der Waals surface area contributed by atoms with E-state index in [0.717, 1.165) is 0 Å². The van der Waals surface area contributed by atoms with Crippen LogP contribution in [0.3, 0.4) is 0 Å². The summed E-state index contributed by atoms with van der Waals surface area (Å²) in [4.78, 5) is 21.5. The van der Waals surface area contributed by atoms with E-state index in [1.165, 1.54) is 6.92 Å². The summed E-state index contributed by atoms with van der Waals surface area (Å²) in [5.74, 6) is -2.05. The van der Waals surface area contributed by atoms with E-state index in [0.29, 0.717) is 5.57 Å². The molecule has 0 fully saturated rings. The van der Waals surface area contributed by atoms with Crippen LogP contribution in [0.2, 0.25) is 0 Å². The molecule has 0 aromatic carbocycles. The van der Waals surface area contributed by atoms with E-state index < -0.39 is 17.3 Å². The fourth-order valence-electron chi connectivity index (χ4n) is 0.872. The molecule has 1 unspecified atom stereocenters. The minimum atomic E-state index is -1.52. The SMILES string of the molecule is C=C(C)CC(C)(C(N)=O)C(=O)O. The van der Waals surface area contributed by atoms with Crippen LogP contribution in [-0.2, 0) is 9.59 Å². The van der Waals surface area contributed by atoms with E-state index in [4.69, 9.17) is 10.8 Å². The molecule has 0 aromatic rings. The molecule has 0 aliphatic heterocycles. The summed E-state index contributed by atoms with van der Waals surface area (Å²) >= 11 is 0. The highest BCUT2D eigenvalue weighted by Crippen LogP contribution is 2.24. The molecule has 0 bridgehead atoms. The Morgan fingerprint density at radius 2 is 2.00 bits per heavy atom. The lowest BCUT2D eigenvalue weighted by Gasteiger charge is -2.20. The molecule has 0 saturated carbocycles. The van der Waals surface area contributed by atoms with Crippen LogP contribution in [0, 0.1) is 5.41 Å². The number of carbonyl (C=O) groups excluding carboxylic acids is 1. The van der Waals surface area contributed by atoms with Gasteiger partial charge in [0.15, 0.2) is 0 Å². The van der Waals surface area contributed by atoms with Crippen LogP contribution in [-0.4, -0.2) is 17.0 Å². The fourth-order valence-corrected chi connectivity index (χ4v) is 0.872. The highest BCUT2D eigenvalue weighted by atomic mass is 16.4. The first-order chi connectivity index (χ1) is 5.30. The minimum Gasteiger partial charge on any atom is -0.480 e. The highest BCUT2D eigenvalue weighted by Gasteiger charge is 2.39. The van der Waals surface area contributed by atoms with Gasteiger partial charge in [-0.25, -0.2) is 0 Å². The van der Waals surface area contributed by atoms with Gasteiger partial charge in [0.2, 0.25) is 5.91 Å². The van der Waals surface area contributed by atoms with Crippen LogP contribution < -0.4 is 5.73 Å². The Kier molecular flexibility index (Phi) is 3.01. The van der Waals surface area contributed by atoms with Gasteiger partial charge in [0.1, 0.15) is 5.41 Å². The molecule has 4 nitrogen and oxygen atoms in total. The molecular weight excluding hydrogens is 158 g/mol. The average Bonchev–Trinajstić information content (AvgIpc) is 1.84. The molecule has 0 spiro atoms. The standard InChI is InChI=1S/C8H13NO3/c1-5(2)4-8(3,6(9)10)7(11)12/h1,4H2,2-3H3,(H2,9,10)(H,11,12). The van der Waals surface area contributed by atoms with Gasteiger partial charge < -0.3 is 10.8 Å². The van der Waals surface area contributed by atoms with Gasteiger partial charge in [-0.05, 0) is 20.3 Å². The summed E-state index contributed by atoms with van der Waals surface area (Å²) in [5.41, 5.74) is 4.06. The Balaban J connectivity index is 4.75. The molecule has 3 N–H and O–H groups in total. The number of hydrogen-bond acceptors (Lipinski definition) is 2. The lowest BCUT2D eigenvalue weighted by molar-refractivity contribution is -0.153. The van der Waals surface area contributed by atoms with Crippen LogP contribution in [0.4, 0.5) is 0 Å². The van der Waals surface area contributed by atoms with Crippen molar-refractivity contribution >= 4 is 11.9 Å². The molecular formula is C8H13NO3. The second kappa shape index (κ2) is 3.38. The van der Waals surface area contributed by atoms with Crippen molar-refractivity contribution in [3.05, 3.63) is 12.2 Å². The molecule has 4 heteroatoms. The Labute approximate surface area is 71.1 Å². The second-order valence-corrected chi connectivity index (χ2v) is 3.14. The molecule has 1 atom stereocenters. The molecule has 0 rings (SSSR count). The van der Waals surface area contributed by atoms with Crippen molar-refractivity contribution in [1.82, 2.24) is 0 Å². The summed E-state index contributed by atoms with van der Waals surface area (Å²) in [6.45, 7) is 6.49. The summed E-state index contributed by atoms with van der Waals surface area (Å²) < 4.78 is 0. The van der Waals surface area contributed by atoms with Crippen molar-refractivity contribution in [2.45, 2.75) is 20.3 Å². The quantitative estimate of drug-likeness (QED) is 0.478. The number of allylic oxidation sites excluding steroid dienone is 1. The Morgan fingerprint density at radius 1 is 1.58 bits per heavy atom. The Hall–Kier alpha value is -1.32. The number of carboxylic acid groups (broad SMARTS) is 1. The molecule has 12 heavy (non-hydrogen) atoms. The predicted molar refractivity (Wildman–Crippen MR) is 44.4 cm³/mol. The molecule has 1 amide bonds. The molecule has 0 heterocycles. The number of carbonyl (C=O) groups is 2. The number of aliphatic carboxylic acids is 1. The monoisotopic (exact) mass is 171 g/mol. The number of hydrogen-bond donors (Lipinski definition) is 2. The first kappa shape index (κ1) is 10.7. The van der Waals surface area contributed by atoms with Gasteiger partial charge in [-0.1, -0.05) is 5.57 Å². The number of amides is 1. The minimum absolute atomic E-state index is 0.0810. The van der Waals surface area contributed by atoms with E-state index in [2.05, 4.69) is 6.58 Å². The first-order valence-electron chi connectivity index (χ1n) is 3.48. The fraction of sp³-hybridized carbons (Fsp3) is 0.500. The number of nitrogens with two attached hydrogens (primary N) is 1. The Morgan fingerprint density at radius 3 is 2.08 bits per heavy atom. The summed E-state index contributed by atoms with van der Waals surface area (Å²) in [7, 11) is 0. The molecule has 0 saturated heterocycles. The topological polar surface area (TPSA) is 80.4 Å². The maximum Gasteiger partial charge on any atom is 0.319 e. The van der Waals surface area contributed by atoms with E-state index in [-0.39, 0.29) is 6.42 Å². The van der Waals surface area contributed by atoms with E-state index in [1.54, 1.807) is 6.92 Å². The summed E-state index contributed by atoms with van der Waals surface area (Å²) in [6.07, 6.45) is 0.0810. The maximum atomic E-state index is 10.8. The van der Waals surface area contributed by atoms with Crippen molar-refractivity contribution in [3.8, 4) is 0 Å². The van der Waals surface area contributed by atoms with E-state index in [9.17, 15) is 9.59 Å². The van der Waals surface area contributed by atoms with Crippen molar-refractivity contribution in [3.63, 3.8) is 0 Å². The van der Waals surface area contributed by atoms with Crippen molar-refractivity contribution in [2.75, 3.05) is 0 Å². The number of carboxylic acids is 1. The van der Waals surface area contributed by atoms with Crippen molar-refractivity contribution in [2.24, 2.45) is 11.1 Å². The smallest absolute Gasteiger partial charge is 0.319 e. The zero-order chi connectivity index (χ0) is 9.94. The number of primary amides is 1. The zero-order valence-corrected chi connectivity index (χ0v) is 7.26. The van der Waals surface area contributed by atoms with Gasteiger partial charge in [-0.15, -0.1) is 6.58 Å². The van der Waals surface area contributed by atoms with E-state index >= 15 is 0 Å². The van der Waals surface area contributed by atoms with Gasteiger partial charge in [0.05, 0.1) is 0 Å². The molecule has 68 valence electrons. The molecule has 0 aromatic heterocycles. The van der Waals surface area contributed by atoms with Crippen LogP contribution in [0.1, 0.15) is 20.3 Å². The van der Waals surface area contributed by atoms with Gasteiger partial charge in [-0.2, -0.15) is 0 Å². The first-order valence-corrected chi connectivity index (χ1v) is 3.48. The lowest BCUT2D eigenvalue weighted by Crippen LogP contribution is -2.41. The summed E-state index contributed by atoms with van der Waals surface area (Å²) in [6, 6.07) is 0. The molecule has 0 aliphatic carbocycles. The largest absolute Gasteiger partial charge is 0.480 e. The van der Waals surface area contributed by atoms with Crippen LogP contribution in [0.25, 0.3) is 0 Å². The number of rotatable bonds is 4. The van der Waals surface area contributed by atoms with Crippen LogP contribution in [0.15, 0.2) is 12.2 Å². The van der Waals surface area contributed by atoms with Gasteiger partial charge in [-0.3, -0.25) is 9.59 Å². The molecule has 0 aliphatic rings. The normalized spacial score (nSPS) is 14.8. The highest BCUT2D eigenvalue weighted by molar-refractivity contribution is 6.00. The van der Waals surface area contributed by atoms with Gasteiger partial charge in [0, 0.05) is 0 Å². The summed E-state index contributed by atoms with van der Waals surface area (Å²) in [5, 5.41) is 8.71. The Bertz CT molecular complexity index is 218. The van der Waals surface area contributed by atoms with Crippen LogP contribution in [0.5, 0.6) is 0 Å². The average molecular weight is 171 g/mol. The van der Waals surface area contributed by atoms with Crippen molar-refractivity contribution in [1.29, 1.82) is 0 Å². The van der Waals surface area contributed by atoms with Crippen molar-refractivity contribution < 1.29 is 14.7 Å². The third-order valence-corrected chi connectivity index (χ3v) is 1.67. The molecule has 0 radical (unpaired) electrons. The van der Waals surface area contributed by atoms with Crippen LogP contribution >= 0.6 is 0 Å².